The maximum atomic E-state index is 5.95. The highest BCUT2D eigenvalue weighted by atomic mass is 127. The molecule has 5 nitrogen and oxygen atoms in total. The van der Waals surface area contributed by atoms with E-state index in [-0.39, 0.29) is 24.0 Å². The van der Waals surface area contributed by atoms with Gasteiger partial charge in [-0.3, -0.25) is 4.99 Å². The summed E-state index contributed by atoms with van der Waals surface area (Å²) in [7, 11) is 2.02. The summed E-state index contributed by atoms with van der Waals surface area (Å²) in [6.07, 6.45) is 4.34. The van der Waals surface area contributed by atoms with Gasteiger partial charge in [0.2, 0.25) is 0 Å². The van der Waals surface area contributed by atoms with Crippen molar-refractivity contribution < 1.29 is 0 Å². The zero-order valence-corrected chi connectivity index (χ0v) is 14.6. The number of rotatable bonds is 5. The Morgan fingerprint density at radius 3 is 2.90 bits per heavy atom. The van der Waals surface area contributed by atoms with Crippen molar-refractivity contribution in [3.63, 3.8) is 0 Å². The minimum atomic E-state index is 0. The lowest BCUT2D eigenvalue weighted by Gasteiger charge is -2.16. The average molecular weight is 399 g/mol. The largest absolute Gasteiger partial charge is 0.370 e. The molecule has 0 radical (unpaired) electrons. The first-order chi connectivity index (χ1) is 9.74. The van der Waals surface area contributed by atoms with Gasteiger partial charge in [-0.25, -0.2) is 4.98 Å². The number of hydrogen-bond acceptors (Lipinski definition) is 2. The highest BCUT2D eigenvalue weighted by Crippen LogP contribution is 2.24. The topological polar surface area (TPSA) is 70.3 Å². The van der Waals surface area contributed by atoms with E-state index < -0.39 is 0 Å². The lowest BCUT2D eigenvalue weighted by Crippen LogP contribution is -2.35. The average Bonchev–Trinajstić information content (AvgIpc) is 3.22. The minimum absolute atomic E-state index is 0. The van der Waals surface area contributed by atoms with Crippen LogP contribution in [0, 0.1) is 0 Å². The van der Waals surface area contributed by atoms with Crippen molar-refractivity contribution in [3.8, 4) is 0 Å². The molecule has 114 valence electrons. The quantitative estimate of drug-likeness (QED) is 0.351. The molecule has 1 saturated carbocycles. The van der Waals surface area contributed by atoms with Crippen molar-refractivity contribution in [3.05, 3.63) is 30.1 Å². The number of nitrogens with zero attached hydrogens (tertiary/aromatic N) is 3. The van der Waals surface area contributed by atoms with Crippen molar-refractivity contribution in [2.75, 3.05) is 13.6 Å². The van der Waals surface area contributed by atoms with Gasteiger partial charge in [-0.15, -0.1) is 24.0 Å². The number of guanidine groups is 1. The van der Waals surface area contributed by atoms with E-state index in [0.717, 1.165) is 36.2 Å². The summed E-state index contributed by atoms with van der Waals surface area (Å²) in [4.78, 5) is 14.4. The summed E-state index contributed by atoms with van der Waals surface area (Å²) >= 11 is 0. The Balaban J connectivity index is 0.00000161. The summed E-state index contributed by atoms with van der Waals surface area (Å²) in [6.45, 7) is 0.750. The second-order valence-corrected chi connectivity index (χ2v) is 5.39. The number of aryl methyl sites for hydroxylation is 1. The number of hydrogen-bond donors (Lipinski definition) is 2. The number of para-hydroxylation sites is 2. The summed E-state index contributed by atoms with van der Waals surface area (Å²) in [5, 5.41) is 0. The number of H-pyrrole nitrogens is 1. The van der Waals surface area contributed by atoms with Crippen molar-refractivity contribution >= 4 is 41.0 Å². The van der Waals surface area contributed by atoms with Gasteiger partial charge in [-0.05, 0) is 31.4 Å². The van der Waals surface area contributed by atoms with Crippen molar-refractivity contribution in [2.24, 2.45) is 10.7 Å². The molecular formula is C15H22IN5. The molecule has 0 saturated heterocycles. The third kappa shape index (κ3) is 4.09. The third-order valence-electron chi connectivity index (χ3n) is 3.74. The number of imidazole rings is 1. The molecule has 1 aliphatic carbocycles. The molecule has 1 heterocycles. The van der Waals surface area contributed by atoms with E-state index in [1.165, 1.54) is 12.8 Å². The number of aromatic nitrogens is 2. The lowest BCUT2D eigenvalue weighted by molar-refractivity contribution is 0.487. The van der Waals surface area contributed by atoms with Crippen LogP contribution in [0.4, 0.5) is 0 Å². The van der Waals surface area contributed by atoms with Crippen molar-refractivity contribution in [1.82, 2.24) is 14.9 Å². The van der Waals surface area contributed by atoms with Crippen molar-refractivity contribution in [2.45, 2.75) is 31.7 Å². The molecule has 6 heteroatoms. The maximum absolute atomic E-state index is 5.95. The fraction of sp³-hybridized carbons (Fsp3) is 0.467. The van der Waals surface area contributed by atoms with Gasteiger partial charge in [-0.2, -0.15) is 0 Å². The maximum Gasteiger partial charge on any atom is 0.191 e. The number of benzene rings is 1. The molecule has 1 aliphatic rings. The highest BCUT2D eigenvalue weighted by Gasteiger charge is 2.27. The van der Waals surface area contributed by atoms with Gasteiger partial charge in [0.1, 0.15) is 5.82 Å². The Kier molecular flexibility index (Phi) is 5.44. The van der Waals surface area contributed by atoms with E-state index in [4.69, 9.17) is 5.73 Å². The van der Waals surface area contributed by atoms with Gasteiger partial charge >= 0.3 is 0 Å². The summed E-state index contributed by atoms with van der Waals surface area (Å²) in [5.41, 5.74) is 8.07. The van der Waals surface area contributed by atoms with Gasteiger partial charge in [-0.1, -0.05) is 12.1 Å². The molecule has 0 bridgehead atoms. The SMILES string of the molecule is CN(C(N)=NCCCc1nc2ccccc2[nH]1)C1CC1.I. The first-order valence-corrected chi connectivity index (χ1v) is 7.20. The van der Waals surface area contributed by atoms with E-state index in [9.17, 15) is 0 Å². The Bertz CT molecular complexity index is 584. The van der Waals surface area contributed by atoms with Gasteiger partial charge in [0.25, 0.3) is 0 Å². The van der Waals surface area contributed by atoms with Crippen LogP contribution in [0.5, 0.6) is 0 Å². The number of nitrogens with two attached hydrogens (primary N) is 1. The van der Waals surface area contributed by atoms with Crippen molar-refractivity contribution in [1.29, 1.82) is 0 Å². The molecule has 0 atom stereocenters. The summed E-state index contributed by atoms with van der Waals surface area (Å²) in [5.74, 6) is 1.69. The molecule has 3 N–H and O–H groups in total. The predicted molar refractivity (Wildman–Crippen MR) is 97.1 cm³/mol. The molecule has 3 rings (SSSR count). The monoisotopic (exact) mass is 399 g/mol. The zero-order chi connectivity index (χ0) is 13.9. The highest BCUT2D eigenvalue weighted by molar-refractivity contribution is 14.0. The van der Waals surface area contributed by atoms with Crippen LogP contribution in [-0.2, 0) is 6.42 Å². The number of nitrogens with one attached hydrogen (secondary N) is 1. The van der Waals surface area contributed by atoms with Crippen LogP contribution in [0.1, 0.15) is 25.1 Å². The number of aliphatic imine (C=N–C) groups is 1. The van der Waals surface area contributed by atoms with E-state index in [0.29, 0.717) is 12.0 Å². The molecule has 21 heavy (non-hydrogen) atoms. The molecule has 1 aromatic carbocycles. The van der Waals surface area contributed by atoms with E-state index >= 15 is 0 Å². The van der Waals surface area contributed by atoms with Gasteiger partial charge in [0, 0.05) is 26.1 Å². The fourth-order valence-electron chi connectivity index (χ4n) is 2.32. The third-order valence-corrected chi connectivity index (χ3v) is 3.74. The fourth-order valence-corrected chi connectivity index (χ4v) is 2.32. The smallest absolute Gasteiger partial charge is 0.191 e. The Morgan fingerprint density at radius 2 is 2.19 bits per heavy atom. The Labute approximate surface area is 142 Å². The predicted octanol–water partition coefficient (Wildman–Crippen LogP) is 2.52. The van der Waals surface area contributed by atoms with E-state index in [2.05, 4.69) is 19.9 Å². The van der Waals surface area contributed by atoms with Crippen LogP contribution in [0.2, 0.25) is 0 Å². The van der Waals surface area contributed by atoms with E-state index in [1.54, 1.807) is 0 Å². The van der Waals surface area contributed by atoms with Crippen LogP contribution in [0.3, 0.4) is 0 Å². The minimum Gasteiger partial charge on any atom is -0.370 e. The molecule has 1 fully saturated rings. The standard InChI is InChI=1S/C15H21N5.HI/c1-20(11-8-9-11)15(16)17-10-4-7-14-18-12-5-2-3-6-13(12)19-14;/h2-3,5-6,11H,4,7-10H2,1H3,(H2,16,17)(H,18,19);1H. The number of aromatic amines is 1. The van der Waals surface area contributed by atoms with Crippen LogP contribution in [0.25, 0.3) is 11.0 Å². The molecule has 0 aliphatic heterocycles. The molecule has 2 aromatic rings. The molecule has 0 spiro atoms. The first-order valence-electron chi connectivity index (χ1n) is 7.20. The zero-order valence-electron chi connectivity index (χ0n) is 12.2. The molecule has 1 aromatic heterocycles. The molecule has 0 amide bonds. The molecule has 0 unspecified atom stereocenters. The molecular weight excluding hydrogens is 377 g/mol. The first kappa shape index (κ1) is 16.1. The number of fused-ring (bicyclic) bond motifs is 1. The van der Waals surface area contributed by atoms with Crippen LogP contribution in [-0.4, -0.2) is 40.5 Å². The van der Waals surface area contributed by atoms with E-state index in [1.807, 2.05) is 31.3 Å². The lowest BCUT2D eigenvalue weighted by atomic mass is 10.3. The van der Waals surface area contributed by atoms with Gasteiger partial charge in [0.15, 0.2) is 5.96 Å². The Hall–Kier alpha value is -1.31. The van der Waals surface area contributed by atoms with Crippen LogP contribution < -0.4 is 5.73 Å². The second kappa shape index (κ2) is 7.11. The summed E-state index contributed by atoms with van der Waals surface area (Å²) in [6, 6.07) is 8.71. The van der Waals surface area contributed by atoms with Gasteiger partial charge in [0.05, 0.1) is 11.0 Å². The normalized spacial score (nSPS) is 15.0. The second-order valence-electron chi connectivity index (χ2n) is 5.39. The summed E-state index contributed by atoms with van der Waals surface area (Å²) < 4.78 is 0. The van der Waals surface area contributed by atoms with Gasteiger partial charge < -0.3 is 15.6 Å². The van der Waals surface area contributed by atoms with Crippen LogP contribution >= 0.6 is 24.0 Å². The Morgan fingerprint density at radius 1 is 1.43 bits per heavy atom. The van der Waals surface area contributed by atoms with Crippen LogP contribution in [0.15, 0.2) is 29.3 Å². The number of halogens is 1.